The Morgan fingerprint density at radius 2 is 1.91 bits per heavy atom. The third-order valence-electron chi connectivity index (χ3n) is 6.85. The summed E-state index contributed by atoms with van der Waals surface area (Å²) in [6, 6.07) is 9.04. The average Bonchev–Trinajstić information content (AvgIpc) is 3.26. The molecule has 1 fully saturated rings. The summed E-state index contributed by atoms with van der Waals surface area (Å²) >= 11 is 0. The van der Waals surface area contributed by atoms with Crippen molar-refractivity contribution in [2.24, 2.45) is 11.8 Å². The molecule has 2 amide bonds. The summed E-state index contributed by atoms with van der Waals surface area (Å²) < 4.78 is 5.57. The molecule has 0 aliphatic carbocycles. The smallest absolute Gasteiger partial charge is 0.225 e. The Bertz CT molecular complexity index is 711. The van der Waals surface area contributed by atoms with Gasteiger partial charge in [0.25, 0.3) is 0 Å². The van der Waals surface area contributed by atoms with Crippen LogP contribution in [0.2, 0.25) is 0 Å². The largest absolute Gasteiger partial charge is 0.386 e. The van der Waals surface area contributed by atoms with Crippen LogP contribution in [-0.4, -0.2) is 53.7 Å². The predicted octanol–water partition coefficient (Wildman–Crippen LogP) is 4.08. The van der Waals surface area contributed by atoms with Gasteiger partial charge in [0.05, 0.1) is 24.7 Å². The van der Waals surface area contributed by atoms with Crippen LogP contribution in [0.1, 0.15) is 77.9 Å². The van der Waals surface area contributed by atoms with E-state index in [0.717, 1.165) is 37.8 Å². The highest BCUT2D eigenvalue weighted by Crippen LogP contribution is 2.26. The molecule has 1 aromatic rings. The van der Waals surface area contributed by atoms with Gasteiger partial charge in [-0.3, -0.25) is 9.59 Å². The van der Waals surface area contributed by atoms with Gasteiger partial charge in [-0.15, -0.1) is 0 Å². The molecule has 6 nitrogen and oxygen atoms in total. The van der Waals surface area contributed by atoms with Gasteiger partial charge in [0, 0.05) is 25.6 Å². The van der Waals surface area contributed by atoms with Gasteiger partial charge < -0.3 is 20.1 Å². The first kappa shape index (κ1) is 26.3. The second-order valence-corrected chi connectivity index (χ2v) is 9.48. The molecule has 1 saturated heterocycles. The number of hydrogen-bond acceptors (Lipinski definition) is 4. The van der Waals surface area contributed by atoms with Gasteiger partial charge in [0.15, 0.2) is 0 Å². The van der Waals surface area contributed by atoms with Crippen molar-refractivity contribution in [1.82, 2.24) is 10.2 Å². The third kappa shape index (κ3) is 7.59. The molecule has 4 unspecified atom stereocenters. The first-order chi connectivity index (χ1) is 15.3. The Balaban J connectivity index is 1.88. The molecule has 0 saturated carbocycles. The third-order valence-corrected chi connectivity index (χ3v) is 6.85. The van der Waals surface area contributed by atoms with Gasteiger partial charge in [-0.1, -0.05) is 57.5 Å². The van der Waals surface area contributed by atoms with Gasteiger partial charge in [-0.25, -0.2) is 0 Å². The number of ether oxygens (including phenoxy) is 1. The summed E-state index contributed by atoms with van der Waals surface area (Å²) in [6.07, 6.45) is 4.08. The van der Waals surface area contributed by atoms with Crippen molar-refractivity contribution in [3.8, 4) is 0 Å². The van der Waals surface area contributed by atoms with Crippen molar-refractivity contribution < 1.29 is 19.4 Å². The van der Waals surface area contributed by atoms with E-state index in [4.69, 9.17) is 4.74 Å². The summed E-state index contributed by atoms with van der Waals surface area (Å²) in [5.41, 5.74) is 0.783. The standard InChI is InChI=1S/C26H42N2O4/c1-6-18(2)15-23(32-5)17-24(29)28-14-10-13-22(28)16-19(3)26(31)27-20(4)25(30)21-11-8-7-9-12-21/h7-9,11-12,18-20,22-23,25,30H,6,10,13-17H2,1-5H3,(H,27,31)/t18?,19-,20-,22?,23?,25?/m1/s1. The highest BCUT2D eigenvalue weighted by molar-refractivity contribution is 5.79. The minimum absolute atomic E-state index is 0.0558. The molecule has 1 aromatic carbocycles. The van der Waals surface area contributed by atoms with Crippen molar-refractivity contribution >= 4 is 11.8 Å². The van der Waals surface area contributed by atoms with E-state index in [0.29, 0.717) is 18.8 Å². The second kappa shape index (κ2) is 12.9. The molecule has 2 N–H and O–H groups in total. The van der Waals surface area contributed by atoms with Crippen LogP contribution >= 0.6 is 0 Å². The number of hydrogen-bond donors (Lipinski definition) is 2. The van der Waals surface area contributed by atoms with Crippen LogP contribution < -0.4 is 5.32 Å². The topological polar surface area (TPSA) is 78.9 Å². The van der Waals surface area contributed by atoms with Gasteiger partial charge >= 0.3 is 0 Å². The lowest BCUT2D eigenvalue weighted by atomic mass is 9.96. The average molecular weight is 447 g/mol. The van der Waals surface area contributed by atoms with E-state index in [-0.39, 0.29) is 29.9 Å². The van der Waals surface area contributed by atoms with Crippen LogP contribution in [0, 0.1) is 11.8 Å². The molecule has 0 radical (unpaired) electrons. The Morgan fingerprint density at radius 1 is 1.22 bits per heavy atom. The van der Waals surface area contributed by atoms with E-state index in [1.165, 1.54) is 0 Å². The Hall–Kier alpha value is -1.92. The van der Waals surface area contributed by atoms with Gasteiger partial charge in [0.2, 0.25) is 11.8 Å². The molecule has 0 spiro atoms. The maximum atomic E-state index is 13.0. The first-order valence-electron chi connectivity index (χ1n) is 12.1. The summed E-state index contributed by atoms with van der Waals surface area (Å²) in [7, 11) is 1.68. The molecule has 0 aromatic heterocycles. The van der Waals surface area contributed by atoms with Crippen LogP contribution in [0.4, 0.5) is 0 Å². The molecule has 6 heteroatoms. The number of methoxy groups -OCH3 is 1. The van der Waals surface area contributed by atoms with E-state index in [1.54, 1.807) is 7.11 Å². The lowest BCUT2D eigenvalue weighted by Crippen LogP contribution is -2.43. The lowest BCUT2D eigenvalue weighted by Gasteiger charge is -2.29. The summed E-state index contributed by atoms with van der Waals surface area (Å²) in [4.78, 5) is 27.7. The first-order valence-corrected chi connectivity index (χ1v) is 12.1. The van der Waals surface area contributed by atoms with Gasteiger partial charge in [-0.2, -0.15) is 0 Å². The van der Waals surface area contributed by atoms with Crippen LogP contribution in [0.25, 0.3) is 0 Å². The fourth-order valence-electron chi connectivity index (χ4n) is 4.50. The number of aliphatic hydroxyl groups excluding tert-OH is 1. The SMILES string of the molecule is CCC(C)CC(CC(=O)N1CCCC1C[C@@H](C)C(=O)N[C@H](C)C(O)c1ccccc1)OC. The predicted molar refractivity (Wildman–Crippen MR) is 127 cm³/mol. The highest BCUT2D eigenvalue weighted by Gasteiger charge is 2.33. The summed E-state index contributed by atoms with van der Waals surface area (Å²) in [6.45, 7) is 8.81. The van der Waals surface area contributed by atoms with Crippen molar-refractivity contribution in [3.63, 3.8) is 0 Å². The zero-order valence-corrected chi connectivity index (χ0v) is 20.4. The fraction of sp³-hybridized carbons (Fsp3) is 0.692. The number of rotatable bonds is 12. The van der Waals surface area contributed by atoms with Crippen LogP contribution in [0.15, 0.2) is 30.3 Å². The molecule has 1 aliphatic heterocycles. The monoisotopic (exact) mass is 446 g/mol. The number of likely N-dealkylation sites (tertiary alicyclic amines) is 1. The lowest BCUT2D eigenvalue weighted by molar-refractivity contribution is -0.136. The van der Waals surface area contributed by atoms with Crippen LogP contribution in [0.5, 0.6) is 0 Å². The molecule has 1 aliphatic rings. The zero-order chi connectivity index (χ0) is 23.7. The van der Waals surface area contributed by atoms with Gasteiger partial charge in [0.1, 0.15) is 0 Å². The quantitative estimate of drug-likeness (QED) is 0.507. The Labute approximate surface area is 193 Å². The molecule has 32 heavy (non-hydrogen) atoms. The number of benzene rings is 1. The molecular weight excluding hydrogens is 404 g/mol. The minimum atomic E-state index is -0.756. The summed E-state index contributed by atoms with van der Waals surface area (Å²) in [5, 5.41) is 13.5. The molecule has 180 valence electrons. The molecule has 0 bridgehead atoms. The second-order valence-electron chi connectivity index (χ2n) is 9.48. The fourth-order valence-corrected chi connectivity index (χ4v) is 4.50. The van der Waals surface area contributed by atoms with Crippen molar-refractivity contribution in [3.05, 3.63) is 35.9 Å². The number of nitrogens with one attached hydrogen (secondary N) is 1. The van der Waals surface area contributed by atoms with E-state index in [1.807, 2.05) is 49.1 Å². The van der Waals surface area contributed by atoms with Crippen LogP contribution in [0.3, 0.4) is 0 Å². The number of amides is 2. The van der Waals surface area contributed by atoms with Crippen LogP contribution in [-0.2, 0) is 14.3 Å². The van der Waals surface area contributed by atoms with Crippen molar-refractivity contribution in [1.29, 1.82) is 0 Å². The maximum Gasteiger partial charge on any atom is 0.225 e. The number of carbonyl (C=O) groups excluding carboxylic acids is 2. The molecule has 1 heterocycles. The van der Waals surface area contributed by atoms with E-state index in [2.05, 4.69) is 19.2 Å². The molecule has 6 atom stereocenters. The molecular formula is C26H42N2O4. The summed E-state index contributed by atoms with van der Waals surface area (Å²) in [5.74, 6) is 0.331. The van der Waals surface area contributed by atoms with Gasteiger partial charge in [-0.05, 0) is 44.1 Å². The minimum Gasteiger partial charge on any atom is -0.386 e. The Morgan fingerprint density at radius 3 is 2.53 bits per heavy atom. The normalized spacial score (nSPS) is 20.9. The van der Waals surface area contributed by atoms with E-state index in [9.17, 15) is 14.7 Å². The van der Waals surface area contributed by atoms with E-state index >= 15 is 0 Å². The highest BCUT2D eigenvalue weighted by atomic mass is 16.5. The number of nitrogens with zero attached hydrogens (tertiary/aromatic N) is 1. The van der Waals surface area contributed by atoms with E-state index < -0.39 is 12.1 Å². The maximum absolute atomic E-state index is 13.0. The Kier molecular flexibility index (Phi) is 10.7. The van der Waals surface area contributed by atoms with Crippen molar-refractivity contribution in [2.45, 2.75) is 90.5 Å². The van der Waals surface area contributed by atoms with Crippen molar-refractivity contribution in [2.75, 3.05) is 13.7 Å². The molecule has 2 rings (SSSR count). The number of carbonyl (C=O) groups is 2. The zero-order valence-electron chi connectivity index (χ0n) is 20.4. The number of aliphatic hydroxyl groups is 1.